The minimum absolute atomic E-state index is 0.903. The number of hydrogen-bond acceptors (Lipinski definition) is 3. The molecule has 6 nitrogen and oxygen atoms in total. The molecular weight excluding hydrogens is 276 g/mol. The Balaban J connectivity index is 1.52. The van der Waals surface area contributed by atoms with Gasteiger partial charge in [-0.2, -0.15) is 0 Å². The molecular formula is C16H28N6. The minimum Gasteiger partial charge on any atom is -0.356 e. The third-order valence-electron chi connectivity index (χ3n) is 3.95. The van der Waals surface area contributed by atoms with Gasteiger partial charge in [-0.3, -0.25) is 4.99 Å². The first-order valence-corrected chi connectivity index (χ1v) is 8.33. The summed E-state index contributed by atoms with van der Waals surface area (Å²) < 4.78 is 2.00. The van der Waals surface area contributed by atoms with Gasteiger partial charge in [0.15, 0.2) is 5.96 Å². The molecule has 0 saturated carbocycles. The Morgan fingerprint density at radius 3 is 2.73 bits per heavy atom. The van der Waals surface area contributed by atoms with Crippen LogP contribution in [-0.4, -0.2) is 40.9 Å². The molecule has 0 fully saturated rings. The number of rotatable bonds is 8. The Morgan fingerprint density at radius 1 is 1.18 bits per heavy atom. The summed E-state index contributed by atoms with van der Waals surface area (Å²) in [6, 6.07) is 0. The third kappa shape index (κ3) is 6.28. The summed E-state index contributed by atoms with van der Waals surface area (Å²) in [7, 11) is 1.83. The maximum Gasteiger partial charge on any atom is 0.190 e. The van der Waals surface area contributed by atoms with Crippen molar-refractivity contribution in [2.75, 3.05) is 20.1 Å². The number of aliphatic imine (C=N–C) groups is 1. The monoisotopic (exact) mass is 304 g/mol. The van der Waals surface area contributed by atoms with E-state index in [9.17, 15) is 0 Å². The van der Waals surface area contributed by atoms with E-state index in [4.69, 9.17) is 0 Å². The predicted octanol–water partition coefficient (Wildman–Crippen LogP) is 2.11. The molecule has 0 unspecified atom stereocenters. The predicted molar refractivity (Wildman–Crippen MR) is 89.8 cm³/mol. The first kappa shape index (κ1) is 16.5. The van der Waals surface area contributed by atoms with Crippen LogP contribution in [0.5, 0.6) is 0 Å². The van der Waals surface area contributed by atoms with E-state index in [1.165, 1.54) is 25.7 Å². The summed E-state index contributed by atoms with van der Waals surface area (Å²) in [5.74, 6) is 0.903. The van der Waals surface area contributed by atoms with E-state index < -0.39 is 0 Å². The SMILES string of the molecule is CN=C(NCCCCn1cnnc1)NCCC1=CCCCC1. The number of guanidine groups is 1. The highest BCUT2D eigenvalue weighted by molar-refractivity contribution is 5.79. The van der Waals surface area contributed by atoms with Gasteiger partial charge < -0.3 is 15.2 Å². The first-order chi connectivity index (χ1) is 10.9. The van der Waals surface area contributed by atoms with Gasteiger partial charge in [0, 0.05) is 26.7 Å². The number of unbranched alkanes of at least 4 members (excludes halogenated alkanes) is 1. The van der Waals surface area contributed by atoms with Crippen LogP contribution in [0.2, 0.25) is 0 Å². The zero-order valence-electron chi connectivity index (χ0n) is 13.6. The topological polar surface area (TPSA) is 67.1 Å². The summed E-state index contributed by atoms with van der Waals surface area (Å²) in [5.41, 5.74) is 1.60. The van der Waals surface area contributed by atoms with Crippen molar-refractivity contribution >= 4 is 5.96 Å². The molecule has 1 heterocycles. The lowest BCUT2D eigenvalue weighted by atomic mass is 9.97. The van der Waals surface area contributed by atoms with Crippen molar-refractivity contribution in [2.45, 2.75) is 51.5 Å². The Hall–Kier alpha value is -1.85. The van der Waals surface area contributed by atoms with E-state index in [1.807, 2.05) is 11.6 Å². The Morgan fingerprint density at radius 2 is 2.00 bits per heavy atom. The van der Waals surface area contributed by atoms with Crippen LogP contribution in [0.3, 0.4) is 0 Å². The van der Waals surface area contributed by atoms with Gasteiger partial charge in [0.05, 0.1) is 0 Å². The lowest BCUT2D eigenvalue weighted by Crippen LogP contribution is -2.38. The zero-order chi connectivity index (χ0) is 15.5. The van der Waals surface area contributed by atoms with Gasteiger partial charge >= 0.3 is 0 Å². The molecule has 0 spiro atoms. The van der Waals surface area contributed by atoms with Crippen molar-refractivity contribution in [1.82, 2.24) is 25.4 Å². The van der Waals surface area contributed by atoms with E-state index in [0.29, 0.717) is 0 Å². The molecule has 0 atom stereocenters. The maximum absolute atomic E-state index is 4.27. The van der Waals surface area contributed by atoms with Crippen molar-refractivity contribution < 1.29 is 0 Å². The second-order valence-electron chi connectivity index (χ2n) is 5.69. The summed E-state index contributed by atoms with van der Waals surface area (Å²) in [6.07, 6.45) is 14.5. The average Bonchev–Trinajstić information content (AvgIpc) is 3.07. The second-order valence-corrected chi connectivity index (χ2v) is 5.69. The lowest BCUT2D eigenvalue weighted by molar-refractivity contribution is 0.597. The Labute approximate surface area is 133 Å². The zero-order valence-corrected chi connectivity index (χ0v) is 13.6. The smallest absolute Gasteiger partial charge is 0.190 e. The van der Waals surface area contributed by atoms with Crippen LogP contribution in [0, 0.1) is 0 Å². The number of aryl methyl sites for hydroxylation is 1. The maximum atomic E-state index is 4.27. The summed E-state index contributed by atoms with van der Waals surface area (Å²) in [5, 5.41) is 14.4. The van der Waals surface area contributed by atoms with Crippen molar-refractivity contribution in [2.24, 2.45) is 4.99 Å². The van der Waals surface area contributed by atoms with E-state index in [2.05, 4.69) is 31.9 Å². The standard InChI is InChI=1S/C16H28N6/c1-17-16(19-11-9-15-7-3-2-4-8-15)18-10-5-6-12-22-13-20-21-14-22/h7,13-14H,2-6,8-12H2,1H3,(H2,17,18,19). The molecule has 2 rings (SSSR count). The van der Waals surface area contributed by atoms with Crippen LogP contribution >= 0.6 is 0 Å². The molecule has 1 aliphatic rings. The molecule has 0 radical (unpaired) electrons. The second kappa shape index (κ2) is 9.97. The van der Waals surface area contributed by atoms with Crippen molar-refractivity contribution in [3.8, 4) is 0 Å². The van der Waals surface area contributed by atoms with E-state index >= 15 is 0 Å². The Bertz CT molecular complexity index is 463. The van der Waals surface area contributed by atoms with Gasteiger partial charge in [-0.1, -0.05) is 11.6 Å². The third-order valence-corrected chi connectivity index (χ3v) is 3.95. The highest BCUT2D eigenvalue weighted by Gasteiger charge is 2.04. The van der Waals surface area contributed by atoms with E-state index in [0.717, 1.165) is 44.9 Å². The largest absolute Gasteiger partial charge is 0.356 e. The van der Waals surface area contributed by atoms with Crippen molar-refractivity contribution in [3.05, 3.63) is 24.3 Å². The molecule has 122 valence electrons. The number of allylic oxidation sites excluding steroid dienone is 1. The highest BCUT2D eigenvalue weighted by atomic mass is 15.2. The number of nitrogens with one attached hydrogen (secondary N) is 2. The van der Waals surface area contributed by atoms with E-state index in [-0.39, 0.29) is 0 Å². The lowest BCUT2D eigenvalue weighted by Gasteiger charge is -2.15. The van der Waals surface area contributed by atoms with Gasteiger partial charge in [0.25, 0.3) is 0 Å². The molecule has 0 amide bonds. The molecule has 22 heavy (non-hydrogen) atoms. The van der Waals surface area contributed by atoms with Crippen LogP contribution in [0.25, 0.3) is 0 Å². The minimum atomic E-state index is 0.903. The normalized spacial score (nSPS) is 15.5. The molecule has 2 N–H and O–H groups in total. The molecule has 0 saturated heterocycles. The van der Waals surface area contributed by atoms with Gasteiger partial charge in [0.2, 0.25) is 0 Å². The summed E-state index contributed by atoms with van der Waals surface area (Å²) in [6.45, 7) is 2.87. The molecule has 1 aromatic rings. The fraction of sp³-hybridized carbons (Fsp3) is 0.688. The number of nitrogens with zero attached hydrogens (tertiary/aromatic N) is 4. The molecule has 0 aliphatic heterocycles. The fourth-order valence-electron chi connectivity index (χ4n) is 2.66. The fourth-order valence-corrected chi connectivity index (χ4v) is 2.66. The summed E-state index contributed by atoms with van der Waals surface area (Å²) in [4.78, 5) is 4.27. The van der Waals surface area contributed by atoms with Crippen LogP contribution in [-0.2, 0) is 6.54 Å². The van der Waals surface area contributed by atoms with Gasteiger partial charge in [-0.15, -0.1) is 10.2 Å². The Kier molecular flexibility index (Phi) is 7.49. The summed E-state index contributed by atoms with van der Waals surface area (Å²) >= 11 is 0. The van der Waals surface area contributed by atoms with Gasteiger partial charge in [0.1, 0.15) is 12.7 Å². The molecule has 6 heteroatoms. The van der Waals surface area contributed by atoms with Gasteiger partial charge in [-0.25, -0.2) is 0 Å². The highest BCUT2D eigenvalue weighted by Crippen LogP contribution is 2.19. The first-order valence-electron chi connectivity index (χ1n) is 8.33. The molecule has 1 aromatic heterocycles. The average molecular weight is 304 g/mol. The van der Waals surface area contributed by atoms with Crippen molar-refractivity contribution in [3.63, 3.8) is 0 Å². The molecule has 1 aliphatic carbocycles. The van der Waals surface area contributed by atoms with Gasteiger partial charge in [-0.05, 0) is 44.9 Å². The van der Waals surface area contributed by atoms with Crippen molar-refractivity contribution in [1.29, 1.82) is 0 Å². The molecule has 0 aromatic carbocycles. The van der Waals surface area contributed by atoms with E-state index in [1.54, 1.807) is 18.2 Å². The quantitative estimate of drug-likeness (QED) is 0.334. The molecule has 0 bridgehead atoms. The van der Waals surface area contributed by atoms with Crippen LogP contribution in [0.4, 0.5) is 0 Å². The number of aromatic nitrogens is 3. The van der Waals surface area contributed by atoms with Crippen LogP contribution in [0.15, 0.2) is 29.3 Å². The number of hydrogen-bond donors (Lipinski definition) is 2. The van der Waals surface area contributed by atoms with Crippen LogP contribution in [0.1, 0.15) is 44.9 Å². The van der Waals surface area contributed by atoms with Crippen LogP contribution < -0.4 is 10.6 Å².